The Hall–Kier alpha value is -1.75. The molecule has 0 amide bonds. The molecule has 0 spiro atoms. The lowest BCUT2D eigenvalue weighted by atomic mass is 9.91. The molecular formula is C13H18N2O3. The van der Waals surface area contributed by atoms with E-state index in [1.54, 1.807) is 6.07 Å². The zero-order valence-electron chi connectivity index (χ0n) is 10.4. The van der Waals surface area contributed by atoms with Crippen LogP contribution in [0.15, 0.2) is 12.1 Å². The first-order valence-electron chi connectivity index (χ1n) is 6.05. The summed E-state index contributed by atoms with van der Waals surface area (Å²) in [4.78, 5) is 13.2. The molecule has 1 unspecified atom stereocenters. The number of nitrogens with zero attached hydrogens (tertiary/aromatic N) is 1. The van der Waals surface area contributed by atoms with E-state index in [0.29, 0.717) is 5.56 Å². The minimum Gasteiger partial charge on any atom is -0.507 e. The third kappa shape index (κ3) is 2.01. The van der Waals surface area contributed by atoms with E-state index in [9.17, 15) is 9.90 Å². The Balaban J connectivity index is 2.49. The van der Waals surface area contributed by atoms with E-state index in [0.717, 1.165) is 30.6 Å². The summed E-state index contributed by atoms with van der Waals surface area (Å²) >= 11 is 0. The number of benzene rings is 1. The van der Waals surface area contributed by atoms with Crippen molar-refractivity contribution in [2.24, 2.45) is 5.73 Å². The van der Waals surface area contributed by atoms with Gasteiger partial charge in [-0.05, 0) is 18.9 Å². The number of hydrogen-bond acceptors (Lipinski definition) is 4. The maximum absolute atomic E-state index is 11.1. The van der Waals surface area contributed by atoms with Crippen LogP contribution in [0.5, 0.6) is 5.75 Å². The van der Waals surface area contributed by atoms with E-state index < -0.39 is 11.9 Å². The van der Waals surface area contributed by atoms with Gasteiger partial charge in [0.05, 0.1) is 5.92 Å². The molecule has 1 aromatic rings. The number of aromatic hydroxyl groups is 1. The molecule has 5 heteroatoms. The van der Waals surface area contributed by atoms with Gasteiger partial charge in [-0.2, -0.15) is 0 Å². The van der Waals surface area contributed by atoms with E-state index in [-0.39, 0.29) is 12.3 Å². The maximum atomic E-state index is 11.1. The standard InChI is InChI=1S/C13H18N2O3/c1-15-6-2-3-9-11(15)5-4-8(12(9)16)10(7-14)13(17)18/h4-5,10,16H,2-3,6-7,14H2,1H3,(H,17,18). The lowest BCUT2D eigenvalue weighted by Gasteiger charge is -2.29. The van der Waals surface area contributed by atoms with Crippen molar-refractivity contribution in [2.45, 2.75) is 18.8 Å². The Morgan fingerprint density at radius 2 is 2.28 bits per heavy atom. The number of phenols is 1. The smallest absolute Gasteiger partial charge is 0.312 e. The SMILES string of the molecule is CN1CCCc2c1ccc(C(CN)C(=O)O)c2O. The van der Waals surface area contributed by atoms with Crippen LogP contribution in [0.25, 0.3) is 0 Å². The second-order valence-corrected chi connectivity index (χ2v) is 4.65. The van der Waals surface area contributed by atoms with Crippen LogP contribution in [0.1, 0.15) is 23.5 Å². The van der Waals surface area contributed by atoms with Crippen molar-refractivity contribution in [2.75, 3.05) is 25.0 Å². The molecule has 0 aromatic heterocycles. The first kappa shape index (κ1) is 12.7. The molecule has 0 aliphatic carbocycles. The Bertz CT molecular complexity index is 474. The summed E-state index contributed by atoms with van der Waals surface area (Å²) in [5.74, 6) is -1.75. The highest BCUT2D eigenvalue weighted by Gasteiger charge is 2.26. The summed E-state index contributed by atoms with van der Waals surface area (Å²) in [6, 6.07) is 3.54. The molecule has 98 valence electrons. The van der Waals surface area contributed by atoms with Crippen molar-refractivity contribution in [1.29, 1.82) is 0 Å². The minimum atomic E-state index is -1.00. The fraction of sp³-hybridized carbons (Fsp3) is 0.462. The third-order valence-corrected chi connectivity index (χ3v) is 3.53. The Labute approximate surface area is 106 Å². The zero-order valence-corrected chi connectivity index (χ0v) is 10.4. The molecule has 1 heterocycles. The molecular weight excluding hydrogens is 232 g/mol. The van der Waals surface area contributed by atoms with E-state index in [4.69, 9.17) is 10.8 Å². The van der Waals surface area contributed by atoms with Crippen LogP contribution < -0.4 is 10.6 Å². The van der Waals surface area contributed by atoms with E-state index in [1.807, 2.05) is 13.1 Å². The van der Waals surface area contributed by atoms with Crippen molar-refractivity contribution in [1.82, 2.24) is 0 Å². The Kier molecular flexibility index (Phi) is 3.43. The van der Waals surface area contributed by atoms with E-state index >= 15 is 0 Å². The van der Waals surface area contributed by atoms with E-state index in [2.05, 4.69) is 4.90 Å². The molecule has 1 aromatic carbocycles. The van der Waals surface area contributed by atoms with Gasteiger partial charge in [0, 0.05) is 37.0 Å². The van der Waals surface area contributed by atoms with Crippen molar-refractivity contribution in [3.05, 3.63) is 23.3 Å². The number of hydrogen-bond donors (Lipinski definition) is 3. The third-order valence-electron chi connectivity index (χ3n) is 3.53. The largest absolute Gasteiger partial charge is 0.507 e. The molecule has 0 saturated carbocycles. The summed E-state index contributed by atoms with van der Waals surface area (Å²) in [5, 5.41) is 19.4. The number of carbonyl (C=O) groups is 1. The second-order valence-electron chi connectivity index (χ2n) is 4.65. The maximum Gasteiger partial charge on any atom is 0.312 e. The summed E-state index contributed by atoms with van der Waals surface area (Å²) < 4.78 is 0. The predicted molar refractivity (Wildman–Crippen MR) is 69.1 cm³/mol. The number of carboxylic acids is 1. The first-order chi connectivity index (χ1) is 8.56. The van der Waals surface area contributed by atoms with Gasteiger partial charge < -0.3 is 20.8 Å². The monoisotopic (exact) mass is 250 g/mol. The second kappa shape index (κ2) is 4.86. The average Bonchev–Trinajstić information content (AvgIpc) is 2.33. The topological polar surface area (TPSA) is 86.8 Å². The van der Waals surface area contributed by atoms with Gasteiger partial charge in [-0.1, -0.05) is 6.07 Å². The molecule has 0 radical (unpaired) electrons. The summed E-state index contributed by atoms with van der Waals surface area (Å²) in [6.07, 6.45) is 1.73. The van der Waals surface area contributed by atoms with Crippen molar-refractivity contribution in [3.8, 4) is 5.75 Å². The highest BCUT2D eigenvalue weighted by Crippen LogP contribution is 2.38. The Morgan fingerprint density at radius 1 is 1.56 bits per heavy atom. The van der Waals surface area contributed by atoms with Crippen LogP contribution in [0.4, 0.5) is 5.69 Å². The summed E-state index contributed by atoms with van der Waals surface area (Å²) in [6.45, 7) is 0.933. The molecule has 0 fully saturated rings. The molecule has 5 nitrogen and oxygen atoms in total. The molecule has 4 N–H and O–H groups in total. The molecule has 1 atom stereocenters. The lowest BCUT2D eigenvalue weighted by Crippen LogP contribution is -2.26. The number of anilines is 1. The van der Waals surface area contributed by atoms with Crippen molar-refractivity contribution in [3.63, 3.8) is 0 Å². The fourth-order valence-electron chi connectivity index (χ4n) is 2.50. The molecule has 0 saturated heterocycles. The van der Waals surface area contributed by atoms with Crippen molar-refractivity contribution >= 4 is 11.7 Å². The van der Waals surface area contributed by atoms with Crippen LogP contribution in [0.3, 0.4) is 0 Å². The van der Waals surface area contributed by atoms with Gasteiger partial charge in [0.1, 0.15) is 5.75 Å². The van der Waals surface area contributed by atoms with Gasteiger partial charge >= 0.3 is 5.97 Å². The highest BCUT2D eigenvalue weighted by molar-refractivity contribution is 5.79. The van der Waals surface area contributed by atoms with Crippen LogP contribution >= 0.6 is 0 Å². The van der Waals surface area contributed by atoms with Gasteiger partial charge in [0.15, 0.2) is 0 Å². The van der Waals surface area contributed by atoms with Gasteiger partial charge in [-0.15, -0.1) is 0 Å². The number of nitrogens with two attached hydrogens (primary N) is 1. The minimum absolute atomic E-state index is 0.0163. The van der Waals surface area contributed by atoms with E-state index in [1.165, 1.54) is 0 Å². The quantitative estimate of drug-likeness (QED) is 0.742. The molecule has 18 heavy (non-hydrogen) atoms. The first-order valence-corrected chi connectivity index (χ1v) is 6.05. The molecule has 1 aliphatic rings. The molecule has 0 bridgehead atoms. The number of carboxylic acid groups (broad SMARTS) is 1. The summed E-state index contributed by atoms with van der Waals surface area (Å²) in [7, 11) is 1.97. The number of rotatable bonds is 3. The molecule has 1 aliphatic heterocycles. The number of aliphatic carboxylic acids is 1. The van der Waals surface area contributed by atoms with Gasteiger partial charge in [-0.25, -0.2) is 0 Å². The average molecular weight is 250 g/mol. The lowest BCUT2D eigenvalue weighted by molar-refractivity contribution is -0.138. The van der Waals surface area contributed by atoms with Crippen LogP contribution in [-0.4, -0.2) is 36.3 Å². The van der Waals surface area contributed by atoms with Gasteiger partial charge in [0.25, 0.3) is 0 Å². The normalized spacial score (nSPS) is 16.2. The highest BCUT2D eigenvalue weighted by atomic mass is 16.4. The fourth-order valence-corrected chi connectivity index (χ4v) is 2.50. The van der Waals surface area contributed by atoms with Gasteiger partial charge in [0.2, 0.25) is 0 Å². The number of fused-ring (bicyclic) bond motifs is 1. The van der Waals surface area contributed by atoms with Crippen LogP contribution in [0.2, 0.25) is 0 Å². The predicted octanol–water partition coefficient (Wildman–Crippen LogP) is 0.901. The summed E-state index contributed by atoms with van der Waals surface area (Å²) in [5.41, 5.74) is 7.70. The number of phenolic OH excluding ortho intramolecular Hbond substituents is 1. The van der Waals surface area contributed by atoms with Crippen molar-refractivity contribution < 1.29 is 15.0 Å². The molecule has 2 rings (SSSR count). The van der Waals surface area contributed by atoms with Crippen LogP contribution in [0, 0.1) is 0 Å². The van der Waals surface area contributed by atoms with Crippen LogP contribution in [-0.2, 0) is 11.2 Å². The van der Waals surface area contributed by atoms with Gasteiger partial charge in [-0.3, -0.25) is 4.79 Å². The Morgan fingerprint density at radius 3 is 2.89 bits per heavy atom. The zero-order chi connectivity index (χ0) is 13.3.